The maximum absolute atomic E-state index is 9.61. The van der Waals surface area contributed by atoms with Crippen LogP contribution in [-0.4, -0.2) is 37.0 Å². The number of hydrogen-bond donors (Lipinski definition) is 5. The minimum atomic E-state index is -0.485. The maximum atomic E-state index is 9.61. The number of aryl methyl sites for hydroxylation is 1. The molecule has 0 saturated heterocycles. The molecule has 102 valence electrons. The van der Waals surface area contributed by atoms with Gasteiger partial charge in [0.15, 0.2) is 11.5 Å². The maximum Gasteiger partial charge on any atom is 0.200 e. The first-order valence-corrected chi connectivity index (χ1v) is 5.96. The number of nitrogens with zero attached hydrogens (tertiary/aromatic N) is 2. The highest BCUT2D eigenvalue weighted by molar-refractivity contribution is 5.52. The number of phenolic OH excluding ortho intramolecular Hbond substituents is 3. The highest BCUT2D eigenvalue weighted by atomic mass is 16.3. The number of phenols is 3. The van der Waals surface area contributed by atoms with Crippen LogP contribution in [-0.2, 0) is 13.0 Å². The number of aromatic hydroxyl groups is 3. The van der Waals surface area contributed by atoms with Crippen molar-refractivity contribution in [2.45, 2.75) is 19.4 Å². The van der Waals surface area contributed by atoms with Gasteiger partial charge < -0.3 is 20.6 Å². The third-order valence-electron chi connectivity index (χ3n) is 2.76. The summed E-state index contributed by atoms with van der Waals surface area (Å²) < 4.78 is 0. The Morgan fingerprint density at radius 2 is 2.00 bits per heavy atom. The van der Waals surface area contributed by atoms with Gasteiger partial charge in [-0.05, 0) is 19.0 Å². The summed E-state index contributed by atoms with van der Waals surface area (Å²) in [5.74, 6) is -0.262. The van der Waals surface area contributed by atoms with E-state index in [2.05, 4.69) is 20.5 Å². The van der Waals surface area contributed by atoms with Crippen molar-refractivity contribution in [2.75, 3.05) is 6.54 Å². The summed E-state index contributed by atoms with van der Waals surface area (Å²) in [4.78, 5) is 4.01. The van der Waals surface area contributed by atoms with E-state index in [0.717, 1.165) is 25.2 Å². The van der Waals surface area contributed by atoms with E-state index in [0.29, 0.717) is 12.1 Å². The molecule has 5 N–H and O–H groups in total. The van der Waals surface area contributed by atoms with E-state index in [9.17, 15) is 15.3 Å². The number of aromatic nitrogens is 3. The van der Waals surface area contributed by atoms with Crippen LogP contribution in [0.15, 0.2) is 18.5 Å². The molecule has 19 heavy (non-hydrogen) atoms. The second-order valence-corrected chi connectivity index (χ2v) is 4.15. The summed E-state index contributed by atoms with van der Waals surface area (Å²) in [6.45, 7) is 1.15. The summed E-state index contributed by atoms with van der Waals surface area (Å²) >= 11 is 0. The molecule has 7 nitrogen and oxygen atoms in total. The number of hydrogen-bond acceptors (Lipinski definition) is 6. The number of aromatic amines is 1. The number of benzene rings is 1. The van der Waals surface area contributed by atoms with Crippen molar-refractivity contribution in [2.24, 2.45) is 0 Å². The summed E-state index contributed by atoms with van der Waals surface area (Å²) in [5.41, 5.74) is 0.537. The van der Waals surface area contributed by atoms with Crippen molar-refractivity contribution >= 4 is 0 Å². The molecule has 0 saturated carbocycles. The largest absolute Gasteiger partial charge is 0.504 e. The van der Waals surface area contributed by atoms with Crippen molar-refractivity contribution in [3.63, 3.8) is 0 Å². The molecule has 2 aromatic rings. The minimum absolute atomic E-state index is 0.289. The summed E-state index contributed by atoms with van der Waals surface area (Å²) in [6, 6.07) is 2.91. The molecule has 0 amide bonds. The fourth-order valence-corrected chi connectivity index (χ4v) is 1.71. The average molecular weight is 264 g/mol. The first kappa shape index (κ1) is 13.2. The Bertz CT molecular complexity index is 528. The lowest BCUT2D eigenvalue weighted by Gasteiger charge is -2.08. The molecule has 1 heterocycles. The smallest absolute Gasteiger partial charge is 0.200 e. The highest BCUT2D eigenvalue weighted by Crippen LogP contribution is 2.36. The quantitative estimate of drug-likeness (QED) is 0.386. The van der Waals surface area contributed by atoms with Crippen LogP contribution in [0.2, 0.25) is 0 Å². The van der Waals surface area contributed by atoms with Gasteiger partial charge in [0.2, 0.25) is 5.75 Å². The molecule has 0 aliphatic heterocycles. The van der Waals surface area contributed by atoms with Gasteiger partial charge in [-0.2, -0.15) is 5.10 Å². The van der Waals surface area contributed by atoms with E-state index in [1.54, 1.807) is 6.07 Å². The molecule has 0 spiro atoms. The van der Waals surface area contributed by atoms with Crippen LogP contribution < -0.4 is 5.32 Å². The molecule has 7 heteroatoms. The molecule has 0 unspecified atom stereocenters. The molecule has 2 rings (SSSR count). The monoisotopic (exact) mass is 264 g/mol. The summed E-state index contributed by atoms with van der Waals surface area (Å²) in [6.07, 6.45) is 3.14. The van der Waals surface area contributed by atoms with Gasteiger partial charge in [0.1, 0.15) is 12.2 Å². The van der Waals surface area contributed by atoms with Crippen LogP contribution in [0.25, 0.3) is 0 Å². The Labute approximate surface area is 109 Å². The Morgan fingerprint density at radius 3 is 2.74 bits per heavy atom. The third-order valence-corrected chi connectivity index (χ3v) is 2.76. The number of nitrogens with one attached hydrogen (secondary N) is 2. The van der Waals surface area contributed by atoms with Crippen molar-refractivity contribution in [1.82, 2.24) is 20.5 Å². The molecular formula is C12H16N4O3. The zero-order chi connectivity index (χ0) is 13.7. The topological polar surface area (TPSA) is 114 Å². The molecule has 0 fully saturated rings. The standard InChI is InChI=1S/C12H16N4O3/c17-9-4-3-8(11(18)12(9)19)6-13-5-1-2-10-14-7-15-16-10/h3-4,7,13,17-19H,1-2,5-6H2,(H,14,15,16). The Kier molecular flexibility index (Phi) is 4.19. The second-order valence-electron chi connectivity index (χ2n) is 4.15. The predicted octanol–water partition coefficient (Wildman–Crippen LogP) is 0.644. The van der Waals surface area contributed by atoms with Gasteiger partial charge in [-0.15, -0.1) is 0 Å². The first-order chi connectivity index (χ1) is 9.18. The molecule has 0 atom stereocenters. The van der Waals surface area contributed by atoms with Crippen LogP contribution in [0.3, 0.4) is 0 Å². The Balaban J connectivity index is 1.75. The lowest BCUT2D eigenvalue weighted by molar-refractivity contribution is 0.364. The van der Waals surface area contributed by atoms with Gasteiger partial charge in [-0.25, -0.2) is 4.98 Å². The van der Waals surface area contributed by atoms with Gasteiger partial charge in [0.05, 0.1) is 0 Å². The number of rotatable bonds is 6. The summed E-state index contributed by atoms with van der Waals surface area (Å²) in [5, 5.41) is 37.8. The first-order valence-electron chi connectivity index (χ1n) is 5.96. The lowest BCUT2D eigenvalue weighted by Crippen LogP contribution is -2.15. The molecular weight excluding hydrogens is 248 g/mol. The lowest BCUT2D eigenvalue weighted by atomic mass is 10.1. The van der Waals surface area contributed by atoms with E-state index in [1.807, 2.05) is 0 Å². The second kappa shape index (κ2) is 6.05. The SMILES string of the molecule is Oc1ccc(CNCCCc2ncn[nH]2)c(O)c1O. The van der Waals surface area contributed by atoms with Gasteiger partial charge in [0, 0.05) is 18.5 Å². The van der Waals surface area contributed by atoms with Crippen LogP contribution >= 0.6 is 0 Å². The fourth-order valence-electron chi connectivity index (χ4n) is 1.71. The normalized spacial score (nSPS) is 10.7. The average Bonchev–Trinajstić information content (AvgIpc) is 2.91. The van der Waals surface area contributed by atoms with E-state index < -0.39 is 5.75 Å². The predicted molar refractivity (Wildman–Crippen MR) is 67.8 cm³/mol. The Morgan fingerprint density at radius 1 is 1.16 bits per heavy atom. The van der Waals surface area contributed by atoms with Crippen LogP contribution in [0, 0.1) is 0 Å². The van der Waals surface area contributed by atoms with E-state index >= 15 is 0 Å². The molecule has 0 aliphatic carbocycles. The van der Waals surface area contributed by atoms with Crippen LogP contribution in [0.5, 0.6) is 17.2 Å². The molecule has 1 aromatic carbocycles. The van der Waals surface area contributed by atoms with Gasteiger partial charge in [-0.3, -0.25) is 5.10 Å². The molecule has 0 radical (unpaired) electrons. The molecule has 0 bridgehead atoms. The highest BCUT2D eigenvalue weighted by Gasteiger charge is 2.10. The van der Waals surface area contributed by atoms with Gasteiger partial charge in [0.25, 0.3) is 0 Å². The van der Waals surface area contributed by atoms with Gasteiger partial charge >= 0.3 is 0 Å². The fraction of sp³-hybridized carbons (Fsp3) is 0.333. The van der Waals surface area contributed by atoms with Gasteiger partial charge in [-0.1, -0.05) is 6.07 Å². The van der Waals surface area contributed by atoms with Crippen molar-refractivity contribution in [1.29, 1.82) is 0 Å². The zero-order valence-electron chi connectivity index (χ0n) is 10.3. The molecule has 0 aliphatic rings. The molecule has 1 aromatic heterocycles. The van der Waals surface area contributed by atoms with E-state index in [4.69, 9.17) is 0 Å². The zero-order valence-corrected chi connectivity index (χ0v) is 10.3. The van der Waals surface area contributed by atoms with Crippen LogP contribution in [0.1, 0.15) is 17.8 Å². The third kappa shape index (κ3) is 3.35. The van der Waals surface area contributed by atoms with Crippen molar-refractivity contribution in [3.05, 3.63) is 29.8 Å². The summed E-state index contributed by atoms with van der Waals surface area (Å²) in [7, 11) is 0. The van der Waals surface area contributed by atoms with Crippen molar-refractivity contribution in [3.8, 4) is 17.2 Å². The number of H-pyrrole nitrogens is 1. The Hall–Kier alpha value is -2.28. The van der Waals surface area contributed by atoms with E-state index in [1.165, 1.54) is 12.4 Å². The van der Waals surface area contributed by atoms with Crippen molar-refractivity contribution < 1.29 is 15.3 Å². The van der Waals surface area contributed by atoms with E-state index in [-0.39, 0.29) is 11.5 Å². The minimum Gasteiger partial charge on any atom is -0.504 e. The van der Waals surface area contributed by atoms with Crippen LogP contribution in [0.4, 0.5) is 0 Å².